The van der Waals surface area contributed by atoms with Crippen LogP contribution >= 0.6 is 0 Å². The first-order valence-electron chi connectivity index (χ1n) is 19.0. The zero-order valence-electron chi connectivity index (χ0n) is 31.1. The summed E-state index contributed by atoms with van der Waals surface area (Å²) in [5.74, 6) is -1.71. The fourth-order valence-corrected chi connectivity index (χ4v) is 8.10. The monoisotopic (exact) mass is 772 g/mol. The lowest BCUT2D eigenvalue weighted by molar-refractivity contribution is -0.138. The summed E-state index contributed by atoms with van der Waals surface area (Å²) in [5, 5.41) is 16.3. The van der Waals surface area contributed by atoms with E-state index in [1.165, 1.54) is 0 Å². The predicted octanol–water partition coefficient (Wildman–Crippen LogP) is 4.81. The molecule has 0 aliphatic carbocycles. The Labute approximate surface area is 331 Å². The quantitative estimate of drug-likeness (QED) is 0.202. The van der Waals surface area contributed by atoms with Gasteiger partial charge in [0.15, 0.2) is 0 Å². The van der Waals surface area contributed by atoms with Gasteiger partial charge < -0.3 is 9.80 Å². The van der Waals surface area contributed by atoms with E-state index >= 15 is 0 Å². The third kappa shape index (κ3) is 6.63. The van der Waals surface area contributed by atoms with Gasteiger partial charge in [0.25, 0.3) is 11.8 Å². The van der Waals surface area contributed by atoms with E-state index in [2.05, 4.69) is 25.9 Å². The first-order valence-corrected chi connectivity index (χ1v) is 19.0. The van der Waals surface area contributed by atoms with Crippen molar-refractivity contribution in [3.63, 3.8) is 0 Å². The van der Waals surface area contributed by atoms with Gasteiger partial charge >= 0.3 is 0 Å². The number of para-hydroxylation sites is 1. The van der Waals surface area contributed by atoms with Crippen LogP contribution in [0.4, 0.5) is 0 Å². The maximum atomic E-state index is 12.9. The van der Waals surface area contributed by atoms with Gasteiger partial charge in [-0.15, -0.1) is 0 Å². The number of hydrogen-bond acceptors (Lipinski definition) is 8. The summed E-state index contributed by atoms with van der Waals surface area (Å²) >= 11 is 0. The van der Waals surface area contributed by atoms with Gasteiger partial charge in [-0.2, -0.15) is 10.2 Å². The minimum Gasteiger partial charge on any atom is -0.322 e. The van der Waals surface area contributed by atoms with E-state index < -0.39 is 23.9 Å². The number of H-pyrrole nitrogens is 1. The Bertz CT molecular complexity index is 2450. The minimum absolute atomic E-state index is 0.169. The Balaban J connectivity index is 0.000000150. The molecule has 0 bridgehead atoms. The standard InChI is InChI=1S/2C22H18N4O3/c27-19-9-8-18(21(28)24-19)26-12-15-10-14(6-7-16(15)22(26)29)17-11-23-25-20(17)13-4-2-1-3-5-13;27-20-9-8-19(21(28)24-20)25-13-15-12-14(6-7-17(15)22(25)29)18-10-11-23-26(18)16-4-2-1-3-5-16/h1-7,10-11,18H,8-9,12H2,(H,23,25)(H,24,27,28);1-7,10-12,19H,8-9,13H2,(H,24,27,28). The normalized spacial score (nSPS) is 18.7. The molecule has 6 amide bonds. The molecule has 0 saturated carbocycles. The number of aromatic nitrogens is 4. The third-order valence-corrected chi connectivity index (χ3v) is 11.0. The van der Waals surface area contributed by atoms with E-state index in [0.29, 0.717) is 37.1 Å². The van der Waals surface area contributed by atoms with Crippen molar-refractivity contribution >= 4 is 35.4 Å². The second-order valence-electron chi connectivity index (χ2n) is 14.5. The lowest BCUT2D eigenvalue weighted by Crippen LogP contribution is -2.52. The van der Waals surface area contributed by atoms with Gasteiger partial charge in [0, 0.05) is 53.7 Å². The maximum absolute atomic E-state index is 12.9. The van der Waals surface area contributed by atoms with Crippen molar-refractivity contribution < 1.29 is 28.8 Å². The topological polar surface area (TPSA) is 179 Å². The van der Waals surface area contributed by atoms with Crippen molar-refractivity contribution in [3.05, 3.63) is 138 Å². The zero-order valence-corrected chi connectivity index (χ0v) is 31.1. The van der Waals surface area contributed by atoms with Crippen LogP contribution in [0.1, 0.15) is 57.5 Å². The van der Waals surface area contributed by atoms with Gasteiger partial charge in [0.1, 0.15) is 12.1 Å². The summed E-state index contributed by atoms with van der Waals surface area (Å²) in [7, 11) is 0. The molecule has 0 spiro atoms. The number of amides is 6. The van der Waals surface area contributed by atoms with Gasteiger partial charge in [0.2, 0.25) is 23.6 Å². The molecule has 2 atom stereocenters. The van der Waals surface area contributed by atoms with Gasteiger partial charge in [-0.25, -0.2) is 4.68 Å². The summed E-state index contributed by atoms with van der Waals surface area (Å²) < 4.78 is 1.86. The number of carbonyl (C=O) groups excluding carboxylic acids is 6. The van der Waals surface area contributed by atoms with Crippen molar-refractivity contribution in [2.24, 2.45) is 0 Å². The van der Waals surface area contributed by atoms with Crippen molar-refractivity contribution in [1.82, 2.24) is 40.4 Å². The Kier molecular flexibility index (Phi) is 9.28. The van der Waals surface area contributed by atoms with E-state index in [-0.39, 0.29) is 36.5 Å². The Morgan fingerprint density at radius 3 is 1.71 bits per heavy atom. The van der Waals surface area contributed by atoms with Gasteiger partial charge in [-0.05, 0) is 72.0 Å². The van der Waals surface area contributed by atoms with E-state index in [4.69, 9.17) is 0 Å². The van der Waals surface area contributed by atoms with Crippen molar-refractivity contribution in [3.8, 4) is 39.3 Å². The Morgan fingerprint density at radius 2 is 1.12 bits per heavy atom. The zero-order chi connectivity index (χ0) is 39.9. The van der Waals surface area contributed by atoms with Crippen LogP contribution < -0.4 is 10.6 Å². The van der Waals surface area contributed by atoms with E-state index in [1.54, 1.807) is 34.3 Å². The molecule has 4 aliphatic rings. The molecule has 14 nitrogen and oxygen atoms in total. The number of rotatable bonds is 6. The highest BCUT2D eigenvalue weighted by Gasteiger charge is 2.40. The van der Waals surface area contributed by atoms with Crippen LogP contribution in [-0.4, -0.2) is 77.3 Å². The largest absolute Gasteiger partial charge is 0.322 e. The molecule has 2 aromatic heterocycles. The number of piperidine rings is 2. The van der Waals surface area contributed by atoms with Gasteiger partial charge in [0.05, 0.1) is 29.5 Å². The highest BCUT2D eigenvalue weighted by Crippen LogP contribution is 2.35. The Hall–Kier alpha value is -7.48. The van der Waals surface area contributed by atoms with Crippen molar-refractivity contribution in [1.29, 1.82) is 0 Å². The van der Waals surface area contributed by atoms with Crippen molar-refractivity contribution in [2.45, 2.75) is 50.9 Å². The fraction of sp³-hybridized carbons (Fsp3) is 0.182. The van der Waals surface area contributed by atoms with Crippen LogP contribution in [0.5, 0.6) is 0 Å². The Morgan fingerprint density at radius 1 is 0.569 bits per heavy atom. The summed E-state index contributed by atoms with van der Waals surface area (Å²) in [5.41, 5.74) is 9.62. The molecule has 4 aliphatic heterocycles. The summed E-state index contributed by atoms with van der Waals surface area (Å²) in [6.07, 6.45) is 4.74. The average Bonchev–Trinajstić information content (AvgIpc) is 4.05. The second-order valence-corrected chi connectivity index (χ2v) is 14.5. The summed E-state index contributed by atoms with van der Waals surface area (Å²) in [6, 6.07) is 31.9. The molecule has 10 rings (SSSR count). The van der Waals surface area contributed by atoms with Gasteiger partial charge in [-0.1, -0.05) is 60.7 Å². The fourth-order valence-electron chi connectivity index (χ4n) is 8.10. The molecule has 288 valence electrons. The van der Waals surface area contributed by atoms with Crippen LogP contribution in [0.2, 0.25) is 0 Å². The number of aromatic amines is 1. The molecule has 4 aromatic carbocycles. The lowest BCUT2D eigenvalue weighted by atomic mass is 9.98. The SMILES string of the molecule is O=C1CCC(N2Cc3cc(-c4ccnn4-c4ccccc4)ccc3C2=O)C(=O)N1.O=C1CCC(N2Cc3cc(-c4cn[nH]c4-c4ccccc4)ccc3C2=O)C(=O)N1. The number of carbonyl (C=O) groups is 6. The van der Waals surface area contributed by atoms with Crippen molar-refractivity contribution in [2.75, 3.05) is 0 Å². The molecular weight excluding hydrogens is 737 g/mol. The number of nitrogens with one attached hydrogen (secondary N) is 3. The number of hydrogen-bond donors (Lipinski definition) is 3. The molecule has 2 fully saturated rings. The highest BCUT2D eigenvalue weighted by atomic mass is 16.2. The third-order valence-electron chi connectivity index (χ3n) is 11.0. The number of benzene rings is 4. The molecule has 3 N–H and O–H groups in total. The molecule has 2 saturated heterocycles. The van der Waals surface area contributed by atoms with E-state index in [9.17, 15) is 28.8 Å². The van der Waals surface area contributed by atoms with Crippen LogP contribution in [0.15, 0.2) is 116 Å². The number of imide groups is 2. The average molecular weight is 773 g/mol. The number of nitrogens with zero attached hydrogens (tertiary/aromatic N) is 5. The molecule has 6 heterocycles. The first-order chi connectivity index (χ1) is 28.2. The number of fused-ring (bicyclic) bond motifs is 2. The smallest absolute Gasteiger partial charge is 0.255 e. The van der Waals surface area contributed by atoms with Gasteiger partial charge in [-0.3, -0.25) is 44.5 Å². The van der Waals surface area contributed by atoms with Crippen LogP contribution in [0.25, 0.3) is 39.3 Å². The van der Waals surface area contributed by atoms with E-state index in [1.807, 2.05) is 95.7 Å². The summed E-state index contributed by atoms with van der Waals surface area (Å²) in [6.45, 7) is 0.709. The molecular formula is C44H36N8O6. The highest BCUT2D eigenvalue weighted by molar-refractivity contribution is 6.06. The van der Waals surface area contributed by atoms with Crippen LogP contribution in [0, 0.1) is 0 Å². The minimum atomic E-state index is -0.607. The molecule has 2 unspecified atom stereocenters. The molecule has 0 radical (unpaired) electrons. The van der Waals surface area contributed by atoms with E-state index in [0.717, 1.165) is 50.5 Å². The molecule has 6 aromatic rings. The lowest BCUT2D eigenvalue weighted by Gasteiger charge is -2.29. The predicted molar refractivity (Wildman–Crippen MR) is 211 cm³/mol. The molecule has 58 heavy (non-hydrogen) atoms. The maximum Gasteiger partial charge on any atom is 0.255 e. The van der Waals surface area contributed by atoms with Crippen LogP contribution in [0.3, 0.4) is 0 Å². The first kappa shape index (κ1) is 36.2. The second kappa shape index (κ2) is 14.9. The van der Waals surface area contributed by atoms with Crippen LogP contribution in [-0.2, 0) is 32.3 Å². The summed E-state index contributed by atoms with van der Waals surface area (Å²) in [4.78, 5) is 76.1. The molecule has 14 heteroatoms.